The molecule has 0 atom stereocenters. The summed E-state index contributed by atoms with van der Waals surface area (Å²) in [6.45, 7) is 3.39. The lowest BCUT2D eigenvalue weighted by molar-refractivity contribution is -0.118. The summed E-state index contributed by atoms with van der Waals surface area (Å²) in [4.78, 5) is 12.0. The molecule has 0 saturated carbocycles. The maximum absolute atomic E-state index is 12.0. The highest BCUT2D eigenvalue weighted by Crippen LogP contribution is 2.20. The Bertz CT molecular complexity index is 865. The maximum atomic E-state index is 12.0. The molecule has 3 aromatic rings. The lowest BCUT2D eigenvalue weighted by Gasteiger charge is -2.09. The zero-order valence-electron chi connectivity index (χ0n) is 14.7. The zero-order chi connectivity index (χ0) is 19.1. The third-order valence-electron chi connectivity index (χ3n) is 3.66. The molecule has 0 fully saturated rings. The van der Waals surface area contributed by atoms with Crippen molar-refractivity contribution in [3.05, 3.63) is 58.7 Å². The van der Waals surface area contributed by atoms with Gasteiger partial charge in [0.15, 0.2) is 11.0 Å². The van der Waals surface area contributed by atoms with Crippen molar-refractivity contribution in [1.82, 2.24) is 20.1 Å². The van der Waals surface area contributed by atoms with E-state index in [0.29, 0.717) is 24.9 Å². The van der Waals surface area contributed by atoms with Crippen LogP contribution in [0.1, 0.15) is 18.5 Å². The summed E-state index contributed by atoms with van der Waals surface area (Å²) in [6.07, 6.45) is 1.58. The number of ether oxygens (including phenoxy) is 1. The number of benzene rings is 1. The van der Waals surface area contributed by atoms with E-state index in [2.05, 4.69) is 31.4 Å². The molecule has 0 aliphatic carbocycles. The van der Waals surface area contributed by atoms with Crippen LogP contribution in [0.4, 0.5) is 0 Å². The van der Waals surface area contributed by atoms with Gasteiger partial charge >= 0.3 is 0 Å². The highest BCUT2D eigenvalue weighted by Gasteiger charge is 2.14. The smallest absolute Gasteiger partial charge is 0.230 e. The molecule has 9 heteroatoms. The first kappa shape index (κ1) is 19.5. The molecule has 1 aromatic carbocycles. The van der Waals surface area contributed by atoms with Crippen LogP contribution in [0, 0.1) is 0 Å². The van der Waals surface area contributed by atoms with Crippen LogP contribution in [-0.2, 0) is 24.5 Å². The number of amides is 1. The quantitative estimate of drug-likeness (QED) is 0.501. The number of thioether (sulfide) groups is 1. The van der Waals surface area contributed by atoms with E-state index in [4.69, 9.17) is 9.15 Å². The van der Waals surface area contributed by atoms with Gasteiger partial charge in [-0.05, 0) is 43.3 Å². The standard InChI is InChI=1S/C18H19BrN4O3S/c1-2-23-16(11-26-14-7-5-13(19)6-8-14)21-22-18(23)27-12-17(24)20-10-15-4-3-9-25-15/h3-9H,2,10-12H2,1H3,(H,20,24). The van der Waals surface area contributed by atoms with Gasteiger partial charge < -0.3 is 19.0 Å². The predicted octanol–water partition coefficient (Wildman–Crippen LogP) is 3.64. The molecule has 0 radical (unpaired) electrons. The first-order valence-electron chi connectivity index (χ1n) is 8.38. The van der Waals surface area contributed by atoms with Crippen molar-refractivity contribution in [3.63, 3.8) is 0 Å². The second kappa shape index (κ2) is 9.61. The first-order chi connectivity index (χ1) is 13.2. The Hall–Kier alpha value is -2.26. The molecule has 27 heavy (non-hydrogen) atoms. The largest absolute Gasteiger partial charge is 0.486 e. The third-order valence-corrected chi connectivity index (χ3v) is 5.16. The van der Waals surface area contributed by atoms with Crippen LogP contribution in [0.25, 0.3) is 0 Å². The summed E-state index contributed by atoms with van der Waals surface area (Å²) < 4.78 is 13.9. The number of nitrogens with one attached hydrogen (secondary N) is 1. The number of carbonyl (C=O) groups excluding carboxylic acids is 1. The normalized spacial score (nSPS) is 10.7. The van der Waals surface area contributed by atoms with E-state index in [1.165, 1.54) is 11.8 Å². The van der Waals surface area contributed by atoms with Crippen molar-refractivity contribution in [2.24, 2.45) is 0 Å². The van der Waals surface area contributed by atoms with Gasteiger partial charge in [-0.1, -0.05) is 27.7 Å². The molecule has 7 nitrogen and oxygen atoms in total. The van der Waals surface area contributed by atoms with Crippen LogP contribution in [0.2, 0.25) is 0 Å². The van der Waals surface area contributed by atoms with Gasteiger partial charge in [0.05, 0.1) is 18.6 Å². The van der Waals surface area contributed by atoms with Crippen LogP contribution in [0.15, 0.2) is 56.7 Å². The van der Waals surface area contributed by atoms with Crippen LogP contribution in [0.3, 0.4) is 0 Å². The Kier molecular flexibility index (Phi) is 6.94. The molecule has 0 bridgehead atoms. The molecule has 0 saturated heterocycles. The maximum Gasteiger partial charge on any atom is 0.230 e. The Balaban J connectivity index is 1.51. The molecule has 0 unspecified atom stereocenters. The average Bonchev–Trinajstić information content (AvgIpc) is 3.33. The van der Waals surface area contributed by atoms with E-state index in [0.717, 1.165) is 21.8 Å². The van der Waals surface area contributed by atoms with Gasteiger partial charge in [-0.2, -0.15) is 0 Å². The molecule has 1 amide bonds. The van der Waals surface area contributed by atoms with E-state index in [1.807, 2.05) is 41.8 Å². The van der Waals surface area contributed by atoms with Crippen molar-refractivity contribution in [2.75, 3.05) is 5.75 Å². The molecule has 0 spiro atoms. The predicted molar refractivity (Wildman–Crippen MR) is 105 cm³/mol. The van der Waals surface area contributed by atoms with Gasteiger partial charge in [-0.3, -0.25) is 4.79 Å². The van der Waals surface area contributed by atoms with Gasteiger partial charge in [0.1, 0.15) is 18.1 Å². The van der Waals surface area contributed by atoms with E-state index >= 15 is 0 Å². The Morgan fingerprint density at radius 2 is 2.11 bits per heavy atom. The lowest BCUT2D eigenvalue weighted by Crippen LogP contribution is -2.24. The molecule has 2 heterocycles. The highest BCUT2D eigenvalue weighted by molar-refractivity contribution is 9.10. The monoisotopic (exact) mass is 450 g/mol. The lowest BCUT2D eigenvalue weighted by atomic mass is 10.3. The molecule has 2 aromatic heterocycles. The van der Waals surface area contributed by atoms with Crippen molar-refractivity contribution >= 4 is 33.6 Å². The number of furan rings is 1. The van der Waals surface area contributed by atoms with Gasteiger partial charge in [0, 0.05) is 11.0 Å². The molecule has 142 valence electrons. The Morgan fingerprint density at radius 1 is 1.30 bits per heavy atom. The van der Waals surface area contributed by atoms with Gasteiger partial charge in [-0.25, -0.2) is 0 Å². The van der Waals surface area contributed by atoms with Crippen LogP contribution in [-0.4, -0.2) is 26.4 Å². The molecular formula is C18H19BrN4O3S. The second-order valence-electron chi connectivity index (χ2n) is 5.53. The molecule has 1 N–H and O–H groups in total. The van der Waals surface area contributed by atoms with Crippen molar-refractivity contribution in [3.8, 4) is 5.75 Å². The minimum atomic E-state index is -0.0882. The average molecular weight is 451 g/mol. The SMILES string of the molecule is CCn1c(COc2ccc(Br)cc2)nnc1SCC(=O)NCc1ccco1. The number of hydrogen-bond donors (Lipinski definition) is 1. The summed E-state index contributed by atoms with van der Waals surface area (Å²) in [5.41, 5.74) is 0. The van der Waals surface area contributed by atoms with Crippen molar-refractivity contribution in [2.45, 2.75) is 31.8 Å². The summed E-state index contributed by atoms with van der Waals surface area (Å²) >= 11 is 4.74. The number of aromatic nitrogens is 3. The molecular weight excluding hydrogens is 432 g/mol. The minimum absolute atomic E-state index is 0.0882. The van der Waals surface area contributed by atoms with Crippen LogP contribution >= 0.6 is 27.7 Å². The van der Waals surface area contributed by atoms with E-state index < -0.39 is 0 Å². The van der Waals surface area contributed by atoms with Crippen molar-refractivity contribution < 1.29 is 13.9 Å². The zero-order valence-corrected chi connectivity index (χ0v) is 17.1. The summed E-state index contributed by atoms with van der Waals surface area (Å²) in [6, 6.07) is 11.2. The van der Waals surface area contributed by atoms with Crippen LogP contribution < -0.4 is 10.1 Å². The van der Waals surface area contributed by atoms with E-state index in [1.54, 1.807) is 12.3 Å². The first-order valence-corrected chi connectivity index (χ1v) is 10.2. The highest BCUT2D eigenvalue weighted by atomic mass is 79.9. The number of hydrogen-bond acceptors (Lipinski definition) is 6. The van der Waals surface area contributed by atoms with Crippen LogP contribution in [0.5, 0.6) is 5.75 Å². The molecule has 0 aliphatic heterocycles. The molecule has 0 aliphatic rings. The fraction of sp³-hybridized carbons (Fsp3) is 0.278. The summed E-state index contributed by atoms with van der Waals surface area (Å²) in [5, 5.41) is 11.9. The topological polar surface area (TPSA) is 82.2 Å². The van der Waals surface area contributed by atoms with Crippen molar-refractivity contribution in [1.29, 1.82) is 0 Å². The summed E-state index contributed by atoms with van der Waals surface area (Å²) in [5.74, 6) is 2.37. The van der Waals surface area contributed by atoms with Gasteiger partial charge in [-0.15, -0.1) is 10.2 Å². The number of halogens is 1. The number of carbonyl (C=O) groups is 1. The minimum Gasteiger partial charge on any atom is -0.486 e. The fourth-order valence-electron chi connectivity index (χ4n) is 2.31. The van der Waals surface area contributed by atoms with Gasteiger partial charge in [0.25, 0.3) is 0 Å². The molecule has 3 rings (SSSR count). The number of rotatable bonds is 9. The van der Waals surface area contributed by atoms with E-state index in [-0.39, 0.29) is 11.7 Å². The van der Waals surface area contributed by atoms with E-state index in [9.17, 15) is 4.79 Å². The van der Waals surface area contributed by atoms with Gasteiger partial charge in [0.2, 0.25) is 5.91 Å². The Labute approximate surface area is 169 Å². The number of nitrogens with zero attached hydrogens (tertiary/aromatic N) is 3. The second-order valence-corrected chi connectivity index (χ2v) is 7.39. The third kappa shape index (κ3) is 5.61. The summed E-state index contributed by atoms with van der Waals surface area (Å²) in [7, 11) is 0. The fourth-order valence-corrected chi connectivity index (χ4v) is 3.42. The Morgan fingerprint density at radius 3 is 2.81 bits per heavy atom.